The second-order valence-electron chi connectivity index (χ2n) is 5.18. The molecule has 2 aromatic rings. The van der Waals surface area contributed by atoms with E-state index in [0.717, 1.165) is 6.29 Å². The van der Waals surface area contributed by atoms with Gasteiger partial charge in [0, 0.05) is 19.6 Å². The summed E-state index contributed by atoms with van der Waals surface area (Å²) in [5.41, 5.74) is 0.0480. The second kappa shape index (κ2) is 5.95. The Kier molecular flexibility index (Phi) is 4.43. The van der Waals surface area contributed by atoms with Gasteiger partial charge in [0.2, 0.25) is 0 Å². The Morgan fingerprint density at radius 3 is 2.43 bits per heavy atom. The van der Waals surface area contributed by atoms with Crippen molar-refractivity contribution in [1.29, 1.82) is 0 Å². The quantitative estimate of drug-likeness (QED) is 0.771. The molecule has 0 aliphatic carbocycles. The van der Waals surface area contributed by atoms with Gasteiger partial charge in [-0.2, -0.15) is 0 Å². The van der Waals surface area contributed by atoms with Crippen LogP contribution in [0.3, 0.4) is 0 Å². The minimum absolute atomic E-state index is 0.305. The van der Waals surface area contributed by atoms with Crippen LogP contribution < -0.4 is 11.2 Å². The summed E-state index contributed by atoms with van der Waals surface area (Å²) in [6.45, 7) is 5.02. The van der Waals surface area contributed by atoms with Crippen molar-refractivity contribution in [2.24, 2.45) is 0 Å². The molecule has 0 saturated carbocycles. The third-order valence-electron chi connectivity index (χ3n) is 3.53. The van der Waals surface area contributed by atoms with E-state index in [-0.39, 0.29) is 11.2 Å². The summed E-state index contributed by atoms with van der Waals surface area (Å²) >= 11 is 1.21. The Hall–Kier alpha value is -1.73. The van der Waals surface area contributed by atoms with Gasteiger partial charge < -0.3 is 4.90 Å². The van der Waals surface area contributed by atoms with Crippen molar-refractivity contribution < 1.29 is 4.79 Å². The molecule has 2 aromatic heterocycles. The maximum Gasteiger partial charge on any atom is 0.332 e. The van der Waals surface area contributed by atoms with Gasteiger partial charge in [-0.3, -0.25) is 18.7 Å². The maximum absolute atomic E-state index is 12.5. The molecule has 0 spiro atoms. The summed E-state index contributed by atoms with van der Waals surface area (Å²) in [6.07, 6.45) is 0.747. The molecule has 0 fully saturated rings. The smallest absolute Gasteiger partial charge is 0.308 e. The fourth-order valence-corrected chi connectivity index (χ4v) is 3.43. The number of rotatable bonds is 5. The van der Waals surface area contributed by atoms with E-state index in [4.69, 9.17) is 0 Å². The molecule has 0 aliphatic rings. The van der Waals surface area contributed by atoms with Crippen molar-refractivity contribution in [2.45, 2.75) is 26.9 Å². The molecule has 6 nitrogen and oxygen atoms in total. The van der Waals surface area contributed by atoms with Crippen LogP contribution in [0.15, 0.2) is 9.59 Å². The number of nitrogens with zero attached hydrogens (tertiary/aromatic N) is 3. The van der Waals surface area contributed by atoms with Crippen LogP contribution in [0.5, 0.6) is 0 Å². The first-order valence-corrected chi connectivity index (χ1v) is 7.60. The molecule has 0 saturated heterocycles. The van der Waals surface area contributed by atoms with Gasteiger partial charge >= 0.3 is 5.69 Å². The summed E-state index contributed by atoms with van der Waals surface area (Å²) in [6, 6.07) is 0. The molecule has 0 radical (unpaired) electrons. The largest absolute Gasteiger partial charge is 0.332 e. The molecule has 2 rings (SSSR count). The molecular formula is C14H19N3O3S. The monoisotopic (exact) mass is 309 g/mol. The number of carbonyl (C=O) groups is 1. The Morgan fingerprint density at radius 2 is 1.90 bits per heavy atom. The standard InChI is InChI=1S/C14H19N3O3S/c1-5-16-12(19)11-9(2)10(8-18)21-13(11)17(14(16)20)7-6-15(3)4/h8H,5-7H2,1-4H3. The van der Waals surface area contributed by atoms with Gasteiger partial charge in [-0.15, -0.1) is 11.3 Å². The van der Waals surface area contributed by atoms with Crippen LogP contribution in [-0.4, -0.2) is 41.0 Å². The van der Waals surface area contributed by atoms with Gasteiger partial charge in [-0.1, -0.05) is 0 Å². The lowest BCUT2D eigenvalue weighted by Crippen LogP contribution is -2.40. The number of aryl methyl sites for hydroxylation is 1. The number of hydrogen-bond donors (Lipinski definition) is 0. The normalized spacial score (nSPS) is 11.5. The zero-order valence-corrected chi connectivity index (χ0v) is 13.5. The van der Waals surface area contributed by atoms with Gasteiger partial charge in [0.05, 0.1) is 10.3 Å². The molecule has 0 N–H and O–H groups in total. The fraction of sp³-hybridized carbons (Fsp3) is 0.500. The average molecular weight is 309 g/mol. The number of aromatic nitrogens is 2. The highest BCUT2D eigenvalue weighted by atomic mass is 32.1. The number of aldehydes is 1. The van der Waals surface area contributed by atoms with Gasteiger partial charge in [0.25, 0.3) is 5.56 Å². The highest BCUT2D eigenvalue weighted by Crippen LogP contribution is 2.26. The Bertz CT molecular complexity index is 798. The minimum Gasteiger partial charge on any atom is -0.308 e. The number of hydrogen-bond acceptors (Lipinski definition) is 5. The van der Waals surface area contributed by atoms with E-state index in [9.17, 15) is 14.4 Å². The fourth-order valence-electron chi connectivity index (χ4n) is 2.30. The van der Waals surface area contributed by atoms with Gasteiger partial charge in [0.15, 0.2) is 6.29 Å². The summed E-state index contributed by atoms with van der Waals surface area (Å²) in [4.78, 5) is 39.1. The van der Waals surface area contributed by atoms with E-state index in [1.54, 1.807) is 18.4 Å². The van der Waals surface area contributed by atoms with E-state index >= 15 is 0 Å². The molecule has 0 unspecified atom stereocenters. The molecule has 0 aromatic carbocycles. The van der Waals surface area contributed by atoms with Crippen molar-refractivity contribution in [2.75, 3.05) is 20.6 Å². The SMILES string of the molecule is CCn1c(=O)c2c(C)c(C=O)sc2n(CCN(C)C)c1=O. The molecule has 21 heavy (non-hydrogen) atoms. The number of likely N-dealkylation sites (N-methyl/N-ethyl adjacent to an activating group) is 1. The zero-order valence-electron chi connectivity index (χ0n) is 12.7. The lowest BCUT2D eigenvalue weighted by atomic mass is 10.2. The van der Waals surface area contributed by atoms with Crippen LogP contribution in [0.2, 0.25) is 0 Å². The predicted octanol–water partition coefficient (Wildman–Crippen LogP) is 0.927. The van der Waals surface area contributed by atoms with Crippen molar-refractivity contribution in [1.82, 2.24) is 14.0 Å². The molecular weight excluding hydrogens is 290 g/mol. The summed E-state index contributed by atoms with van der Waals surface area (Å²) in [5.74, 6) is 0. The number of fused-ring (bicyclic) bond motifs is 1. The van der Waals surface area contributed by atoms with E-state index in [0.29, 0.717) is 40.3 Å². The predicted molar refractivity (Wildman–Crippen MR) is 84.7 cm³/mol. The van der Waals surface area contributed by atoms with Crippen molar-refractivity contribution >= 4 is 27.8 Å². The molecule has 0 amide bonds. The topological polar surface area (TPSA) is 64.3 Å². The first kappa shape index (κ1) is 15.7. The Morgan fingerprint density at radius 1 is 1.24 bits per heavy atom. The first-order valence-electron chi connectivity index (χ1n) is 6.79. The summed E-state index contributed by atoms with van der Waals surface area (Å²) in [7, 11) is 3.85. The third-order valence-corrected chi connectivity index (χ3v) is 4.77. The summed E-state index contributed by atoms with van der Waals surface area (Å²) in [5, 5.41) is 0.488. The molecule has 0 aliphatic heterocycles. The van der Waals surface area contributed by atoms with Crippen LogP contribution in [-0.2, 0) is 13.1 Å². The van der Waals surface area contributed by atoms with Crippen molar-refractivity contribution in [3.8, 4) is 0 Å². The van der Waals surface area contributed by atoms with Crippen LogP contribution >= 0.6 is 11.3 Å². The van der Waals surface area contributed by atoms with Crippen LogP contribution in [0.4, 0.5) is 0 Å². The van der Waals surface area contributed by atoms with Crippen molar-refractivity contribution in [3.05, 3.63) is 31.3 Å². The zero-order chi connectivity index (χ0) is 15.7. The van der Waals surface area contributed by atoms with Crippen molar-refractivity contribution in [3.63, 3.8) is 0 Å². The molecule has 0 bridgehead atoms. The van der Waals surface area contributed by atoms with Crippen LogP contribution in [0, 0.1) is 6.92 Å². The Balaban J connectivity index is 2.85. The maximum atomic E-state index is 12.5. The lowest BCUT2D eigenvalue weighted by molar-refractivity contribution is 0.112. The second-order valence-corrected chi connectivity index (χ2v) is 6.21. The van der Waals surface area contributed by atoms with Crippen LogP contribution in [0.1, 0.15) is 22.2 Å². The van der Waals surface area contributed by atoms with Gasteiger partial charge in [0.1, 0.15) is 4.83 Å². The van der Waals surface area contributed by atoms with Crippen LogP contribution in [0.25, 0.3) is 10.2 Å². The third kappa shape index (κ3) is 2.58. The van der Waals surface area contributed by atoms with E-state index in [1.807, 2.05) is 19.0 Å². The van der Waals surface area contributed by atoms with E-state index in [1.165, 1.54) is 15.9 Å². The Labute approximate surface area is 126 Å². The molecule has 0 atom stereocenters. The summed E-state index contributed by atoms with van der Waals surface area (Å²) < 4.78 is 2.83. The van der Waals surface area contributed by atoms with E-state index < -0.39 is 0 Å². The highest BCUT2D eigenvalue weighted by Gasteiger charge is 2.18. The molecule has 7 heteroatoms. The molecule has 114 valence electrons. The molecule has 2 heterocycles. The van der Waals surface area contributed by atoms with Gasteiger partial charge in [-0.25, -0.2) is 4.79 Å². The van der Waals surface area contributed by atoms with E-state index in [2.05, 4.69) is 0 Å². The number of thiophene rings is 1. The van der Waals surface area contributed by atoms with Gasteiger partial charge in [-0.05, 0) is 33.5 Å². The lowest BCUT2D eigenvalue weighted by Gasteiger charge is -2.14. The number of carbonyl (C=O) groups excluding carboxylic acids is 1. The highest BCUT2D eigenvalue weighted by molar-refractivity contribution is 7.20. The first-order chi connectivity index (χ1) is 9.92. The minimum atomic E-state index is -0.310. The average Bonchev–Trinajstić information content (AvgIpc) is 2.76.